The molecule has 0 saturated heterocycles. The molecule has 3 rings (SSSR count). The molecule has 1 heterocycles. The van der Waals surface area contributed by atoms with Gasteiger partial charge in [-0.3, -0.25) is 4.99 Å². The first kappa shape index (κ1) is 22.6. The standard InChI is InChI=1S/C25H33N5O/c1-21(19-31-20-23-11-7-4-8-12-23)17-29-25(26-2)28-14-13-24-27-15-16-30(24)18-22-9-5-3-6-10-22/h3-12,15-16,21H,13-14,17-20H2,1-2H3,(H2,26,28,29). The molecule has 6 nitrogen and oxygen atoms in total. The highest BCUT2D eigenvalue weighted by atomic mass is 16.5. The fraction of sp³-hybridized carbons (Fsp3) is 0.360. The van der Waals surface area contributed by atoms with Gasteiger partial charge in [-0.15, -0.1) is 0 Å². The van der Waals surface area contributed by atoms with E-state index in [-0.39, 0.29) is 0 Å². The third-order valence-corrected chi connectivity index (χ3v) is 4.99. The number of nitrogens with zero attached hydrogens (tertiary/aromatic N) is 3. The van der Waals surface area contributed by atoms with Crippen molar-refractivity contribution in [2.75, 3.05) is 26.7 Å². The largest absolute Gasteiger partial charge is 0.376 e. The van der Waals surface area contributed by atoms with Crippen molar-refractivity contribution in [2.24, 2.45) is 10.9 Å². The molecular weight excluding hydrogens is 386 g/mol. The maximum atomic E-state index is 5.83. The first-order valence-corrected chi connectivity index (χ1v) is 10.8. The van der Waals surface area contributed by atoms with E-state index in [2.05, 4.69) is 68.5 Å². The van der Waals surface area contributed by atoms with Gasteiger partial charge in [0.05, 0.1) is 13.2 Å². The highest BCUT2D eigenvalue weighted by Gasteiger charge is 2.07. The molecule has 2 N–H and O–H groups in total. The van der Waals surface area contributed by atoms with Gasteiger partial charge in [-0.05, 0) is 17.0 Å². The zero-order valence-corrected chi connectivity index (χ0v) is 18.5. The molecule has 1 aromatic heterocycles. The van der Waals surface area contributed by atoms with Crippen LogP contribution in [0.5, 0.6) is 0 Å². The van der Waals surface area contributed by atoms with Crippen LogP contribution in [0.2, 0.25) is 0 Å². The topological polar surface area (TPSA) is 63.5 Å². The zero-order chi connectivity index (χ0) is 21.7. The number of hydrogen-bond acceptors (Lipinski definition) is 3. The Morgan fingerprint density at radius 1 is 1.03 bits per heavy atom. The molecule has 0 fully saturated rings. The molecule has 164 valence electrons. The van der Waals surface area contributed by atoms with Gasteiger partial charge in [-0.25, -0.2) is 4.98 Å². The zero-order valence-electron chi connectivity index (χ0n) is 18.5. The maximum absolute atomic E-state index is 5.83. The molecule has 0 aliphatic heterocycles. The van der Waals surface area contributed by atoms with Crippen LogP contribution in [-0.4, -0.2) is 42.3 Å². The summed E-state index contributed by atoms with van der Waals surface area (Å²) in [5.74, 6) is 2.25. The van der Waals surface area contributed by atoms with Crippen LogP contribution in [0.15, 0.2) is 78.0 Å². The van der Waals surface area contributed by atoms with E-state index in [1.54, 1.807) is 7.05 Å². The third-order valence-electron chi connectivity index (χ3n) is 4.99. The Morgan fingerprint density at radius 2 is 1.74 bits per heavy atom. The van der Waals surface area contributed by atoms with Crippen molar-refractivity contribution in [3.63, 3.8) is 0 Å². The predicted molar refractivity (Wildman–Crippen MR) is 126 cm³/mol. The van der Waals surface area contributed by atoms with E-state index in [4.69, 9.17) is 4.74 Å². The summed E-state index contributed by atoms with van der Waals surface area (Å²) in [5.41, 5.74) is 2.47. The summed E-state index contributed by atoms with van der Waals surface area (Å²) in [6.45, 7) is 5.93. The average Bonchev–Trinajstić information content (AvgIpc) is 3.24. The van der Waals surface area contributed by atoms with Crippen molar-refractivity contribution < 1.29 is 4.74 Å². The number of ether oxygens (including phenoxy) is 1. The van der Waals surface area contributed by atoms with Gasteiger partial charge in [-0.2, -0.15) is 0 Å². The second-order valence-electron chi connectivity index (χ2n) is 7.69. The Hall–Kier alpha value is -3.12. The van der Waals surface area contributed by atoms with Crippen molar-refractivity contribution in [3.05, 3.63) is 90.0 Å². The number of aliphatic imine (C=N–C) groups is 1. The van der Waals surface area contributed by atoms with Crippen LogP contribution >= 0.6 is 0 Å². The van der Waals surface area contributed by atoms with E-state index >= 15 is 0 Å². The summed E-state index contributed by atoms with van der Waals surface area (Å²) in [5, 5.41) is 6.76. The number of aromatic nitrogens is 2. The van der Waals surface area contributed by atoms with Gasteiger partial charge in [0.15, 0.2) is 5.96 Å². The normalized spacial score (nSPS) is 12.5. The molecule has 0 spiro atoms. The molecule has 1 unspecified atom stereocenters. The Balaban J connectivity index is 1.35. The smallest absolute Gasteiger partial charge is 0.191 e. The number of rotatable bonds is 11. The third kappa shape index (κ3) is 7.90. The predicted octanol–water partition coefficient (Wildman–Crippen LogP) is 3.49. The minimum absolute atomic E-state index is 0.382. The number of hydrogen-bond donors (Lipinski definition) is 2. The summed E-state index contributed by atoms with van der Waals surface area (Å²) in [6.07, 6.45) is 4.73. The average molecular weight is 420 g/mol. The highest BCUT2D eigenvalue weighted by Crippen LogP contribution is 2.06. The van der Waals surface area contributed by atoms with E-state index in [1.165, 1.54) is 11.1 Å². The van der Waals surface area contributed by atoms with Crippen LogP contribution in [0.1, 0.15) is 23.9 Å². The van der Waals surface area contributed by atoms with Gasteiger partial charge >= 0.3 is 0 Å². The molecule has 2 aromatic carbocycles. The van der Waals surface area contributed by atoms with Crippen LogP contribution in [0.25, 0.3) is 0 Å². The van der Waals surface area contributed by atoms with E-state index < -0.39 is 0 Å². The number of imidazole rings is 1. The molecule has 0 aliphatic carbocycles. The maximum Gasteiger partial charge on any atom is 0.191 e. The quantitative estimate of drug-likeness (QED) is 0.369. The first-order valence-electron chi connectivity index (χ1n) is 10.8. The fourth-order valence-electron chi connectivity index (χ4n) is 3.29. The monoisotopic (exact) mass is 419 g/mol. The lowest BCUT2D eigenvalue weighted by molar-refractivity contribution is 0.0931. The summed E-state index contributed by atoms with van der Waals surface area (Å²) >= 11 is 0. The minimum atomic E-state index is 0.382. The Bertz CT molecular complexity index is 908. The minimum Gasteiger partial charge on any atom is -0.376 e. The molecule has 0 radical (unpaired) electrons. The van der Waals surface area contributed by atoms with Crippen molar-refractivity contribution in [3.8, 4) is 0 Å². The van der Waals surface area contributed by atoms with Gasteiger partial charge in [0, 0.05) is 45.5 Å². The molecule has 3 aromatic rings. The molecule has 31 heavy (non-hydrogen) atoms. The summed E-state index contributed by atoms with van der Waals surface area (Å²) in [7, 11) is 1.79. The van der Waals surface area contributed by atoms with Gasteiger partial charge in [-0.1, -0.05) is 67.6 Å². The first-order chi connectivity index (χ1) is 15.2. The highest BCUT2D eigenvalue weighted by molar-refractivity contribution is 5.79. The Labute approximate surface area is 185 Å². The molecule has 0 amide bonds. The summed E-state index contributed by atoms with van der Waals surface area (Å²) in [4.78, 5) is 8.84. The van der Waals surface area contributed by atoms with Crippen LogP contribution in [0, 0.1) is 5.92 Å². The second-order valence-corrected chi connectivity index (χ2v) is 7.69. The SMILES string of the molecule is CN=C(NCCc1nccn1Cc1ccccc1)NCC(C)COCc1ccccc1. The lowest BCUT2D eigenvalue weighted by Crippen LogP contribution is -2.41. The van der Waals surface area contributed by atoms with E-state index in [9.17, 15) is 0 Å². The van der Waals surface area contributed by atoms with Crippen molar-refractivity contribution in [1.82, 2.24) is 20.2 Å². The molecule has 0 bridgehead atoms. The van der Waals surface area contributed by atoms with Crippen LogP contribution in [0.3, 0.4) is 0 Å². The lowest BCUT2D eigenvalue weighted by Gasteiger charge is -2.16. The Morgan fingerprint density at radius 3 is 2.45 bits per heavy atom. The van der Waals surface area contributed by atoms with Gasteiger partial charge in [0.1, 0.15) is 5.82 Å². The van der Waals surface area contributed by atoms with E-state index in [0.717, 1.165) is 37.8 Å². The summed E-state index contributed by atoms with van der Waals surface area (Å²) in [6, 6.07) is 20.7. The Kier molecular flexibility index (Phi) is 9.13. The van der Waals surface area contributed by atoms with Crippen molar-refractivity contribution >= 4 is 5.96 Å². The summed E-state index contributed by atoms with van der Waals surface area (Å²) < 4.78 is 8.02. The van der Waals surface area contributed by atoms with Gasteiger partial charge in [0.2, 0.25) is 0 Å². The van der Waals surface area contributed by atoms with Crippen molar-refractivity contribution in [2.45, 2.75) is 26.5 Å². The molecular formula is C25H33N5O. The second kappa shape index (κ2) is 12.5. The molecule has 0 saturated carbocycles. The van der Waals surface area contributed by atoms with E-state index in [0.29, 0.717) is 19.1 Å². The van der Waals surface area contributed by atoms with Crippen LogP contribution in [0.4, 0.5) is 0 Å². The molecule has 1 atom stereocenters. The molecule has 0 aliphatic rings. The number of guanidine groups is 1. The van der Waals surface area contributed by atoms with E-state index in [1.807, 2.05) is 36.7 Å². The number of benzene rings is 2. The van der Waals surface area contributed by atoms with Gasteiger partial charge in [0.25, 0.3) is 0 Å². The van der Waals surface area contributed by atoms with Crippen molar-refractivity contribution in [1.29, 1.82) is 0 Å². The number of nitrogens with one attached hydrogen (secondary N) is 2. The lowest BCUT2D eigenvalue weighted by atomic mass is 10.2. The van der Waals surface area contributed by atoms with Gasteiger partial charge < -0.3 is 19.9 Å². The van der Waals surface area contributed by atoms with Crippen LogP contribution in [-0.2, 0) is 24.3 Å². The van der Waals surface area contributed by atoms with Crippen LogP contribution < -0.4 is 10.6 Å². The fourth-order valence-corrected chi connectivity index (χ4v) is 3.29. The molecule has 6 heteroatoms.